The van der Waals surface area contributed by atoms with Gasteiger partial charge in [-0.25, -0.2) is 0 Å². The standard InChI is InChI=1S/C17H22OS/c1-13(2)12-19-16-9-7-14(8-10-16)11-15-5-3-4-6-17(15)18/h7-11,13H,3-6,12H2,1-2H3. The van der Waals surface area contributed by atoms with Crippen LogP contribution >= 0.6 is 11.8 Å². The SMILES string of the molecule is CC(C)CSc1ccc(C=C2CCCCC2=O)cc1. The van der Waals surface area contributed by atoms with Gasteiger partial charge in [0, 0.05) is 17.1 Å². The lowest BCUT2D eigenvalue weighted by Gasteiger charge is -2.12. The summed E-state index contributed by atoms with van der Waals surface area (Å²) in [7, 11) is 0. The van der Waals surface area contributed by atoms with Gasteiger partial charge in [0.1, 0.15) is 0 Å². The Kier molecular flexibility index (Phi) is 5.26. The van der Waals surface area contributed by atoms with Gasteiger partial charge in [0.15, 0.2) is 5.78 Å². The van der Waals surface area contributed by atoms with E-state index in [-0.39, 0.29) is 0 Å². The van der Waals surface area contributed by atoms with Crippen LogP contribution in [-0.2, 0) is 4.79 Å². The summed E-state index contributed by atoms with van der Waals surface area (Å²) in [5, 5.41) is 0. The van der Waals surface area contributed by atoms with Gasteiger partial charge in [-0.15, -0.1) is 11.8 Å². The van der Waals surface area contributed by atoms with Crippen molar-refractivity contribution < 1.29 is 4.79 Å². The summed E-state index contributed by atoms with van der Waals surface area (Å²) in [6.45, 7) is 4.47. The fourth-order valence-corrected chi connectivity index (χ4v) is 3.03. The number of allylic oxidation sites excluding steroid dienone is 1. The molecule has 0 aliphatic heterocycles. The smallest absolute Gasteiger partial charge is 0.158 e. The Balaban J connectivity index is 2.01. The molecule has 1 aliphatic rings. The molecule has 0 atom stereocenters. The van der Waals surface area contributed by atoms with E-state index >= 15 is 0 Å². The van der Waals surface area contributed by atoms with Gasteiger partial charge < -0.3 is 0 Å². The van der Waals surface area contributed by atoms with E-state index in [9.17, 15) is 4.79 Å². The Morgan fingerprint density at radius 2 is 1.84 bits per heavy atom. The molecule has 0 aromatic heterocycles. The van der Waals surface area contributed by atoms with E-state index in [0.717, 1.165) is 42.6 Å². The lowest BCUT2D eigenvalue weighted by Crippen LogP contribution is -2.07. The van der Waals surface area contributed by atoms with Crippen molar-refractivity contribution in [1.82, 2.24) is 0 Å². The zero-order valence-electron chi connectivity index (χ0n) is 11.8. The normalized spacial score (nSPS) is 18.3. The topological polar surface area (TPSA) is 17.1 Å². The van der Waals surface area contributed by atoms with Crippen molar-refractivity contribution >= 4 is 23.6 Å². The molecule has 0 amide bonds. The number of thioether (sulfide) groups is 1. The summed E-state index contributed by atoms with van der Waals surface area (Å²) in [5.41, 5.74) is 2.16. The molecule has 0 unspecified atom stereocenters. The minimum absolute atomic E-state index is 0.338. The van der Waals surface area contributed by atoms with Gasteiger partial charge in [-0.05, 0) is 54.5 Å². The number of Topliss-reactive ketones (excluding diaryl/α,β-unsaturated/α-hetero) is 1. The minimum atomic E-state index is 0.338. The van der Waals surface area contributed by atoms with Crippen molar-refractivity contribution in [3.8, 4) is 0 Å². The Morgan fingerprint density at radius 1 is 1.16 bits per heavy atom. The highest BCUT2D eigenvalue weighted by Crippen LogP contribution is 2.24. The van der Waals surface area contributed by atoms with Crippen LogP contribution in [0.3, 0.4) is 0 Å². The molecular formula is C17H22OS. The summed E-state index contributed by atoms with van der Waals surface area (Å²) < 4.78 is 0. The molecule has 1 saturated carbocycles. The van der Waals surface area contributed by atoms with Gasteiger partial charge in [-0.2, -0.15) is 0 Å². The van der Waals surface area contributed by atoms with Crippen molar-refractivity contribution in [2.45, 2.75) is 44.4 Å². The maximum atomic E-state index is 11.8. The van der Waals surface area contributed by atoms with Crippen molar-refractivity contribution in [3.63, 3.8) is 0 Å². The van der Waals surface area contributed by atoms with Gasteiger partial charge in [-0.3, -0.25) is 4.79 Å². The average molecular weight is 274 g/mol. The van der Waals surface area contributed by atoms with Gasteiger partial charge in [0.25, 0.3) is 0 Å². The highest BCUT2D eigenvalue weighted by atomic mass is 32.2. The van der Waals surface area contributed by atoms with Crippen LogP contribution < -0.4 is 0 Å². The van der Waals surface area contributed by atoms with Crippen LogP contribution in [0.15, 0.2) is 34.7 Å². The Hall–Kier alpha value is -1.02. The molecule has 0 spiro atoms. The van der Waals surface area contributed by atoms with Gasteiger partial charge in [-0.1, -0.05) is 26.0 Å². The van der Waals surface area contributed by atoms with Crippen LogP contribution in [0, 0.1) is 5.92 Å². The molecule has 0 saturated heterocycles. The maximum Gasteiger partial charge on any atom is 0.158 e. The minimum Gasteiger partial charge on any atom is -0.295 e. The zero-order chi connectivity index (χ0) is 13.7. The number of hydrogen-bond acceptors (Lipinski definition) is 2. The molecular weight excluding hydrogens is 252 g/mol. The summed E-state index contributed by atoms with van der Waals surface area (Å²) >= 11 is 1.90. The van der Waals surface area contributed by atoms with Crippen LogP contribution in [0.2, 0.25) is 0 Å². The molecule has 1 aliphatic carbocycles. The molecule has 0 radical (unpaired) electrons. The fraction of sp³-hybridized carbons (Fsp3) is 0.471. The third-order valence-electron chi connectivity index (χ3n) is 3.26. The van der Waals surface area contributed by atoms with Crippen LogP contribution in [0.25, 0.3) is 6.08 Å². The number of hydrogen-bond donors (Lipinski definition) is 0. The molecule has 2 rings (SSSR count). The van der Waals surface area contributed by atoms with Crippen molar-refractivity contribution in [2.75, 3.05) is 5.75 Å². The summed E-state index contributed by atoms with van der Waals surface area (Å²) in [4.78, 5) is 13.1. The molecule has 102 valence electrons. The predicted molar refractivity (Wildman–Crippen MR) is 83.5 cm³/mol. The highest BCUT2D eigenvalue weighted by Gasteiger charge is 2.14. The first-order valence-corrected chi connectivity index (χ1v) is 8.10. The Morgan fingerprint density at radius 3 is 2.47 bits per heavy atom. The third kappa shape index (κ3) is 4.54. The number of ketones is 1. The molecule has 1 aromatic carbocycles. The van der Waals surface area contributed by atoms with E-state index in [1.807, 2.05) is 11.8 Å². The molecule has 0 bridgehead atoms. The zero-order valence-corrected chi connectivity index (χ0v) is 12.6. The molecule has 0 N–H and O–H groups in total. The second kappa shape index (κ2) is 6.95. The molecule has 1 aromatic rings. The highest BCUT2D eigenvalue weighted by molar-refractivity contribution is 7.99. The monoisotopic (exact) mass is 274 g/mol. The largest absolute Gasteiger partial charge is 0.295 e. The van der Waals surface area contributed by atoms with Crippen LogP contribution in [0.4, 0.5) is 0 Å². The molecule has 19 heavy (non-hydrogen) atoms. The van der Waals surface area contributed by atoms with Gasteiger partial charge >= 0.3 is 0 Å². The van der Waals surface area contributed by atoms with Gasteiger partial charge in [0.05, 0.1) is 0 Å². The molecule has 2 heteroatoms. The van der Waals surface area contributed by atoms with Crippen molar-refractivity contribution in [3.05, 3.63) is 35.4 Å². The summed E-state index contributed by atoms with van der Waals surface area (Å²) in [5.74, 6) is 2.20. The Bertz CT molecular complexity index is 457. The molecule has 1 fully saturated rings. The summed E-state index contributed by atoms with van der Waals surface area (Å²) in [6.07, 6.45) is 5.95. The Labute approximate surface area is 120 Å². The van der Waals surface area contributed by atoms with E-state index < -0.39 is 0 Å². The van der Waals surface area contributed by atoms with Crippen LogP contribution in [0.1, 0.15) is 45.1 Å². The number of rotatable bonds is 4. The molecule has 1 nitrogen and oxygen atoms in total. The quantitative estimate of drug-likeness (QED) is 0.570. The molecule has 0 heterocycles. The summed E-state index contributed by atoms with van der Waals surface area (Å²) in [6, 6.07) is 8.56. The van der Waals surface area contributed by atoms with E-state index in [4.69, 9.17) is 0 Å². The second-order valence-corrected chi connectivity index (χ2v) is 6.67. The predicted octanol–water partition coefficient (Wildman–Crippen LogP) is 4.96. The number of carbonyl (C=O) groups excluding carboxylic acids is 1. The van der Waals surface area contributed by atoms with E-state index in [1.54, 1.807) is 0 Å². The van der Waals surface area contributed by atoms with E-state index in [1.165, 1.54) is 4.90 Å². The number of benzene rings is 1. The lowest BCUT2D eigenvalue weighted by molar-refractivity contribution is -0.116. The first kappa shape index (κ1) is 14.4. The number of carbonyl (C=O) groups is 1. The average Bonchev–Trinajstić information content (AvgIpc) is 2.40. The second-order valence-electron chi connectivity index (χ2n) is 5.57. The van der Waals surface area contributed by atoms with E-state index in [2.05, 4.69) is 44.2 Å². The van der Waals surface area contributed by atoms with Crippen LogP contribution in [-0.4, -0.2) is 11.5 Å². The van der Waals surface area contributed by atoms with Crippen molar-refractivity contribution in [1.29, 1.82) is 0 Å². The third-order valence-corrected chi connectivity index (χ3v) is 4.70. The van der Waals surface area contributed by atoms with E-state index in [0.29, 0.717) is 11.7 Å². The van der Waals surface area contributed by atoms with Gasteiger partial charge in [0.2, 0.25) is 0 Å². The van der Waals surface area contributed by atoms with Crippen LogP contribution in [0.5, 0.6) is 0 Å². The van der Waals surface area contributed by atoms with Crippen molar-refractivity contribution in [2.24, 2.45) is 5.92 Å². The lowest BCUT2D eigenvalue weighted by atomic mass is 9.92. The maximum absolute atomic E-state index is 11.8. The first-order chi connectivity index (χ1) is 9.15. The fourth-order valence-electron chi connectivity index (χ4n) is 2.18. The first-order valence-electron chi connectivity index (χ1n) is 7.12.